The highest BCUT2D eigenvalue weighted by Crippen LogP contribution is 2.32. The summed E-state index contributed by atoms with van der Waals surface area (Å²) < 4.78 is 31.8. The fourth-order valence-corrected chi connectivity index (χ4v) is 3.39. The quantitative estimate of drug-likeness (QED) is 0.391. The predicted molar refractivity (Wildman–Crippen MR) is 120 cm³/mol. The minimum atomic E-state index is -0.341. The molecule has 7 nitrogen and oxygen atoms in total. The number of aryl methyl sites for hydroxylation is 1. The van der Waals surface area contributed by atoms with Crippen molar-refractivity contribution in [2.45, 2.75) is 26.3 Å². The first-order valence-electron chi connectivity index (χ1n) is 10.5. The van der Waals surface area contributed by atoms with Crippen molar-refractivity contribution in [2.24, 2.45) is 0 Å². The number of carbonyl (C=O) groups excluding carboxylic acids is 1. The number of nitrogens with zero attached hydrogens (tertiary/aromatic N) is 2. The molecule has 4 aromatic rings. The van der Waals surface area contributed by atoms with Gasteiger partial charge in [0.15, 0.2) is 0 Å². The second-order valence-electron chi connectivity index (χ2n) is 7.39. The van der Waals surface area contributed by atoms with Crippen LogP contribution < -0.4 is 14.8 Å². The molecule has 170 valence electrons. The van der Waals surface area contributed by atoms with E-state index in [0.717, 1.165) is 11.3 Å². The van der Waals surface area contributed by atoms with Crippen molar-refractivity contribution in [1.29, 1.82) is 0 Å². The average Bonchev–Trinajstić information content (AvgIpc) is 3.45. The Morgan fingerprint density at radius 1 is 1.12 bits per heavy atom. The van der Waals surface area contributed by atoms with Crippen LogP contribution in [0.1, 0.15) is 23.4 Å². The van der Waals surface area contributed by atoms with Crippen LogP contribution in [0, 0.1) is 12.7 Å². The molecule has 0 bridgehead atoms. The molecule has 8 heteroatoms. The lowest BCUT2D eigenvalue weighted by Crippen LogP contribution is -2.22. The van der Waals surface area contributed by atoms with Crippen molar-refractivity contribution < 1.29 is 23.1 Å². The Balaban J connectivity index is 1.59. The number of furan rings is 1. The SMILES string of the molecule is COc1cccc(Oc2c(CCC(=O)NCc3ccco3)c(C)nn2-c2ccc(F)cc2)c1. The van der Waals surface area contributed by atoms with Gasteiger partial charge in [-0.1, -0.05) is 6.07 Å². The fraction of sp³-hybridized carbons (Fsp3) is 0.200. The van der Waals surface area contributed by atoms with Gasteiger partial charge in [0.05, 0.1) is 31.3 Å². The van der Waals surface area contributed by atoms with Crippen LogP contribution >= 0.6 is 0 Å². The van der Waals surface area contributed by atoms with Crippen molar-refractivity contribution in [2.75, 3.05) is 7.11 Å². The molecule has 2 aromatic carbocycles. The maximum atomic E-state index is 13.5. The standard InChI is InChI=1S/C25H24FN3O4/c1-17-23(12-13-24(30)27-16-22-7-4-14-32-22)25(33-21-6-3-5-20(15-21)31-2)29(28-17)19-10-8-18(26)9-11-19/h3-11,14-15H,12-13,16H2,1-2H3,(H,27,30). The van der Waals surface area contributed by atoms with Crippen molar-refractivity contribution in [3.05, 3.63) is 89.8 Å². The maximum Gasteiger partial charge on any atom is 0.226 e. The van der Waals surface area contributed by atoms with Crippen LogP contribution in [0.4, 0.5) is 4.39 Å². The third kappa shape index (κ3) is 5.41. The number of amides is 1. The van der Waals surface area contributed by atoms with Crippen LogP contribution in [0.2, 0.25) is 0 Å². The number of carbonyl (C=O) groups is 1. The normalized spacial score (nSPS) is 10.8. The molecule has 4 rings (SSSR count). The Morgan fingerprint density at radius 3 is 2.64 bits per heavy atom. The van der Waals surface area contributed by atoms with Gasteiger partial charge in [0.25, 0.3) is 0 Å². The Labute approximate surface area is 190 Å². The van der Waals surface area contributed by atoms with Crippen molar-refractivity contribution in [3.63, 3.8) is 0 Å². The molecule has 2 heterocycles. The van der Waals surface area contributed by atoms with Gasteiger partial charge in [0, 0.05) is 18.1 Å². The summed E-state index contributed by atoms with van der Waals surface area (Å²) in [6.45, 7) is 2.18. The number of aromatic nitrogens is 2. The zero-order chi connectivity index (χ0) is 23.2. The number of methoxy groups -OCH3 is 1. The van der Waals surface area contributed by atoms with Gasteiger partial charge >= 0.3 is 0 Å². The summed E-state index contributed by atoms with van der Waals surface area (Å²) in [7, 11) is 1.58. The summed E-state index contributed by atoms with van der Waals surface area (Å²) in [5, 5.41) is 7.45. The molecule has 0 aliphatic heterocycles. The first kappa shape index (κ1) is 22.1. The highest BCUT2D eigenvalue weighted by molar-refractivity contribution is 5.76. The molecule has 0 saturated heterocycles. The fourth-order valence-electron chi connectivity index (χ4n) is 3.39. The van der Waals surface area contributed by atoms with E-state index < -0.39 is 0 Å². The summed E-state index contributed by atoms with van der Waals surface area (Å²) in [5.41, 5.74) is 2.15. The Morgan fingerprint density at radius 2 is 1.91 bits per heavy atom. The van der Waals surface area contributed by atoms with Crippen LogP contribution in [-0.4, -0.2) is 22.8 Å². The van der Waals surface area contributed by atoms with Gasteiger partial charge in [-0.15, -0.1) is 0 Å². The van der Waals surface area contributed by atoms with Crippen LogP contribution in [0.25, 0.3) is 5.69 Å². The molecule has 0 spiro atoms. The van der Waals surface area contributed by atoms with Gasteiger partial charge < -0.3 is 19.2 Å². The molecule has 0 saturated carbocycles. The van der Waals surface area contributed by atoms with E-state index in [4.69, 9.17) is 13.9 Å². The van der Waals surface area contributed by atoms with Gasteiger partial charge in [0.1, 0.15) is 23.1 Å². The van der Waals surface area contributed by atoms with E-state index in [0.29, 0.717) is 41.8 Å². The number of ether oxygens (including phenoxy) is 2. The van der Waals surface area contributed by atoms with Crippen molar-refractivity contribution in [3.8, 4) is 23.1 Å². The lowest BCUT2D eigenvalue weighted by molar-refractivity contribution is -0.121. The third-order valence-corrected chi connectivity index (χ3v) is 5.11. The lowest BCUT2D eigenvalue weighted by Gasteiger charge is -2.12. The van der Waals surface area contributed by atoms with Crippen molar-refractivity contribution in [1.82, 2.24) is 15.1 Å². The molecule has 1 amide bonds. The Kier molecular flexibility index (Phi) is 6.73. The van der Waals surface area contributed by atoms with Crippen LogP contribution in [-0.2, 0) is 17.8 Å². The Hall–Kier alpha value is -4.07. The van der Waals surface area contributed by atoms with Gasteiger partial charge in [-0.3, -0.25) is 4.79 Å². The molecule has 1 N–H and O–H groups in total. The molecular weight excluding hydrogens is 425 g/mol. The number of hydrogen-bond acceptors (Lipinski definition) is 5. The van der Waals surface area contributed by atoms with Gasteiger partial charge in [-0.25, -0.2) is 9.07 Å². The monoisotopic (exact) mass is 449 g/mol. The molecule has 2 aromatic heterocycles. The summed E-state index contributed by atoms with van der Waals surface area (Å²) in [6.07, 6.45) is 2.22. The van der Waals surface area contributed by atoms with E-state index in [1.807, 2.05) is 19.1 Å². The van der Waals surface area contributed by atoms with Crippen molar-refractivity contribution >= 4 is 5.91 Å². The number of rotatable bonds is 9. The molecule has 0 aliphatic carbocycles. The molecule has 0 atom stereocenters. The third-order valence-electron chi connectivity index (χ3n) is 5.11. The van der Waals surface area contributed by atoms with E-state index in [-0.39, 0.29) is 18.1 Å². The minimum Gasteiger partial charge on any atom is -0.497 e. The number of hydrogen-bond donors (Lipinski definition) is 1. The second-order valence-corrected chi connectivity index (χ2v) is 7.39. The molecule has 33 heavy (non-hydrogen) atoms. The van der Waals surface area contributed by atoms with E-state index >= 15 is 0 Å². The summed E-state index contributed by atoms with van der Waals surface area (Å²) in [6, 6.07) is 16.8. The summed E-state index contributed by atoms with van der Waals surface area (Å²) in [4.78, 5) is 12.4. The minimum absolute atomic E-state index is 0.118. The van der Waals surface area contributed by atoms with E-state index in [1.165, 1.54) is 12.1 Å². The van der Waals surface area contributed by atoms with Gasteiger partial charge in [-0.05, 0) is 61.9 Å². The molecule has 0 fully saturated rings. The molecule has 0 radical (unpaired) electrons. The average molecular weight is 449 g/mol. The number of halogens is 1. The number of nitrogens with one attached hydrogen (secondary N) is 1. The first-order chi connectivity index (χ1) is 16.0. The highest BCUT2D eigenvalue weighted by Gasteiger charge is 2.20. The smallest absolute Gasteiger partial charge is 0.226 e. The number of benzene rings is 2. The molecule has 0 unspecified atom stereocenters. The largest absolute Gasteiger partial charge is 0.497 e. The Bertz CT molecular complexity index is 1220. The van der Waals surface area contributed by atoms with Gasteiger partial charge in [-0.2, -0.15) is 5.10 Å². The second kappa shape index (κ2) is 10.0. The van der Waals surface area contributed by atoms with E-state index in [1.54, 1.807) is 54.5 Å². The summed E-state index contributed by atoms with van der Waals surface area (Å²) >= 11 is 0. The first-order valence-corrected chi connectivity index (χ1v) is 10.5. The molecule has 0 aliphatic rings. The zero-order valence-electron chi connectivity index (χ0n) is 18.4. The van der Waals surface area contributed by atoms with Crippen LogP contribution in [0.3, 0.4) is 0 Å². The van der Waals surface area contributed by atoms with Crippen LogP contribution in [0.15, 0.2) is 71.3 Å². The highest BCUT2D eigenvalue weighted by atomic mass is 19.1. The lowest BCUT2D eigenvalue weighted by atomic mass is 10.1. The van der Waals surface area contributed by atoms with E-state index in [2.05, 4.69) is 10.4 Å². The van der Waals surface area contributed by atoms with Crippen LogP contribution in [0.5, 0.6) is 17.4 Å². The van der Waals surface area contributed by atoms with E-state index in [9.17, 15) is 9.18 Å². The summed E-state index contributed by atoms with van der Waals surface area (Å²) in [5.74, 6) is 1.90. The molecular formula is C25H24FN3O4. The zero-order valence-corrected chi connectivity index (χ0v) is 18.4. The maximum absolute atomic E-state index is 13.5. The predicted octanol–water partition coefficient (Wildman–Crippen LogP) is 4.96. The van der Waals surface area contributed by atoms with Gasteiger partial charge in [0.2, 0.25) is 11.8 Å². The topological polar surface area (TPSA) is 78.5 Å².